The number of quaternary nitrogens is 3. The summed E-state index contributed by atoms with van der Waals surface area (Å²) >= 11 is -1.12. The molecule has 0 amide bonds. The average Bonchev–Trinajstić information content (AvgIpc) is 2.42. The second-order valence-electron chi connectivity index (χ2n) is 9.48. The predicted octanol–water partition coefficient (Wildman–Crippen LogP) is 2.46. The van der Waals surface area contributed by atoms with Crippen molar-refractivity contribution in [3.05, 3.63) is 24.3 Å². The van der Waals surface area contributed by atoms with Gasteiger partial charge in [0.1, 0.15) is 0 Å². The quantitative estimate of drug-likeness (QED) is 0.398. The van der Waals surface area contributed by atoms with Crippen LogP contribution in [0.4, 0.5) is 5.69 Å². The summed E-state index contributed by atoms with van der Waals surface area (Å²) in [5, 5.41) is 0. The van der Waals surface area contributed by atoms with Crippen LogP contribution in [0.1, 0.15) is 0 Å². The molecule has 1 aromatic rings. The van der Waals surface area contributed by atoms with E-state index in [-0.39, 0.29) is 0 Å². The zero-order valence-corrected chi connectivity index (χ0v) is 21.3. The van der Waals surface area contributed by atoms with Gasteiger partial charge in [0.25, 0.3) is 0 Å². The van der Waals surface area contributed by atoms with Gasteiger partial charge in [0.2, 0.25) is 0 Å². The van der Waals surface area contributed by atoms with E-state index >= 15 is 0 Å². The van der Waals surface area contributed by atoms with Crippen LogP contribution in [0.25, 0.3) is 0 Å². The van der Waals surface area contributed by atoms with Crippen molar-refractivity contribution in [2.24, 2.45) is 0 Å². The number of hydrogen-bond donors (Lipinski definition) is 0. The molecule has 1 rings (SSSR count). The van der Waals surface area contributed by atoms with Gasteiger partial charge in [0.05, 0.1) is 0 Å². The monoisotopic (exact) mass is 448 g/mol. The second-order valence-corrected chi connectivity index (χ2v) is 21.2. The summed E-state index contributed by atoms with van der Waals surface area (Å²) in [4.78, 5) is 0. The zero-order chi connectivity index (χ0) is 19.3. The van der Waals surface area contributed by atoms with E-state index in [9.17, 15) is 0 Å². The fourth-order valence-electron chi connectivity index (χ4n) is 2.00. The van der Waals surface area contributed by atoms with Gasteiger partial charge in [-0.3, -0.25) is 0 Å². The normalized spacial score (nSPS) is 13.5. The topological polar surface area (TPSA) is 0 Å². The molecule has 0 N–H and O–H groups in total. The minimum atomic E-state index is -1.12. The van der Waals surface area contributed by atoms with E-state index in [4.69, 9.17) is 0 Å². The summed E-state index contributed by atoms with van der Waals surface area (Å²) in [6, 6.07) is 9.46. The van der Waals surface area contributed by atoms with Gasteiger partial charge in [0, 0.05) is 0 Å². The SMILES string of the molecule is C[N+](C)(C)CCS[As](SCC[N+](C)(C)C)c1ccc([N+](C)(C)C)cc1. The molecule has 0 atom stereocenters. The summed E-state index contributed by atoms with van der Waals surface area (Å²) in [5.41, 5.74) is 1.38. The zero-order valence-electron chi connectivity index (χ0n) is 17.7. The van der Waals surface area contributed by atoms with Gasteiger partial charge in [-0.15, -0.1) is 0 Å². The molecule has 25 heavy (non-hydrogen) atoms. The number of benzene rings is 1. The molecule has 144 valence electrons. The fourth-order valence-corrected chi connectivity index (χ4v) is 15.0. The van der Waals surface area contributed by atoms with Crippen molar-refractivity contribution in [3.63, 3.8) is 0 Å². The molecule has 0 spiro atoms. The Kier molecular flexibility index (Phi) is 8.91. The first-order valence-electron chi connectivity index (χ1n) is 8.87. The van der Waals surface area contributed by atoms with E-state index in [1.54, 1.807) is 4.35 Å². The first-order valence-corrected chi connectivity index (χ1v) is 16.3. The molecule has 1 aromatic carbocycles. The van der Waals surface area contributed by atoms with E-state index in [0.717, 1.165) is 13.4 Å². The molecule has 0 aliphatic carbocycles. The van der Waals surface area contributed by atoms with Gasteiger partial charge < -0.3 is 0 Å². The molecule has 0 bridgehead atoms. The van der Waals surface area contributed by atoms with Crippen molar-refractivity contribution >= 4 is 42.4 Å². The first-order chi connectivity index (χ1) is 11.3. The van der Waals surface area contributed by atoms with E-state index in [1.165, 1.54) is 30.3 Å². The summed E-state index contributed by atoms with van der Waals surface area (Å²) in [6.45, 7) is 2.48. The van der Waals surface area contributed by atoms with Crippen LogP contribution in [0.5, 0.6) is 0 Å². The van der Waals surface area contributed by atoms with Crippen molar-refractivity contribution < 1.29 is 8.97 Å². The summed E-state index contributed by atoms with van der Waals surface area (Å²) in [5.74, 6) is 2.52. The van der Waals surface area contributed by atoms with E-state index < -0.39 is 12.3 Å². The van der Waals surface area contributed by atoms with Crippen molar-refractivity contribution in [2.45, 2.75) is 0 Å². The van der Waals surface area contributed by atoms with Crippen molar-refractivity contribution in [3.8, 4) is 0 Å². The predicted molar refractivity (Wildman–Crippen MR) is 122 cm³/mol. The Balaban J connectivity index is 2.78. The molecule has 6 heteroatoms. The van der Waals surface area contributed by atoms with E-state index in [2.05, 4.69) is 108 Å². The Bertz CT molecular complexity index is 493. The van der Waals surface area contributed by atoms with Gasteiger partial charge in [-0.25, -0.2) is 0 Å². The van der Waals surface area contributed by atoms with Crippen LogP contribution in [0.3, 0.4) is 0 Å². The molecule has 0 saturated carbocycles. The first kappa shape index (κ1) is 23.4. The minimum absolute atomic E-state index is 0.885. The van der Waals surface area contributed by atoms with Gasteiger partial charge in [-0.05, 0) is 0 Å². The fraction of sp³-hybridized carbons (Fsp3) is 0.684. The molecular weight excluding hydrogens is 409 g/mol. The van der Waals surface area contributed by atoms with Crippen LogP contribution < -0.4 is 8.83 Å². The summed E-state index contributed by atoms with van der Waals surface area (Å²) in [6.07, 6.45) is 0. The van der Waals surface area contributed by atoms with Crippen molar-refractivity contribution in [1.29, 1.82) is 0 Å². The molecule has 0 heterocycles. The van der Waals surface area contributed by atoms with Crippen LogP contribution in [0.15, 0.2) is 24.3 Å². The molecule has 0 fully saturated rings. The van der Waals surface area contributed by atoms with Gasteiger partial charge >= 0.3 is 168 Å². The number of rotatable bonds is 10. The maximum absolute atomic E-state index is 2.40. The van der Waals surface area contributed by atoms with Crippen LogP contribution in [0, 0.1) is 0 Å². The molecule has 0 unspecified atom stereocenters. The summed E-state index contributed by atoms with van der Waals surface area (Å²) in [7, 11) is 24.9. The average molecular weight is 449 g/mol. The molecule has 0 saturated heterocycles. The number of nitrogens with zero attached hydrogens (tertiary/aromatic N) is 3. The molecule has 0 radical (unpaired) electrons. The van der Waals surface area contributed by atoms with Gasteiger partial charge in [-0.1, -0.05) is 0 Å². The van der Waals surface area contributed by atoms with Gasteiger partial charge in [-0.2, -0.15) is 0 Å². The third-order valence-electron chi connectivity index (χ3n) is 3.78. The maximum atomic E-state index is 2.40. The van der Waals surface area contributed by atoms with Crippen LogP contribution >= 0.6 is 20.0 Å². The molecule has 0 aromatic heterocycles. The van der Waals surface area contributed by atoms with E-state index in [0.29, 0.717) is 0 Å². The van der Waals surface area contributed by atoms with Crippen LogP contribution in [0.2, 0.25) is 0 Å². The molecule has 3 nitrogen and oxygen atoms in total. The van der Waals surface area contributed by atoms with E-state index in [1.807, 2.05) is 0 Å². The van der Waals surface area contributed by atoms with Crippen molar-refractivity contribution in [1.82, 2.24) is 4.48 Å². The Morgan fingerprint density at radius 1 is 0.680 bits per heavy atom. The van der Waals surface area contributed by atoms with Gasteiger partial charge in [0.15, 0.2) is 0 Å². The Hall–Kier alpha value is 0.358. The van der Waals surface area contributed by atoms with Crippen LogP contribution in [-0.4, -0.2) is 109 Å². The number of hydrogen-bond acceptors (Lipinski definition) is 2. The third-order valence-corrected chi connectivity index (χ3v) is 17.2. The summed E-state index contributed by atoms with van der Waals surface area (Å²) < 4.78 is 4.59. The van der Waals surface area contributed by atoms with Crippen LogP contribution in [-0.2, 0) is 0 Å². The Morgan fingerprint density at radius 3 is 1.40 bits per heavy atom. The molecular formula is C19H39AsN3S2+3. The third kappa shape index (κ3) is 10.3. The molecule has 0 aliphatic rings. The molecule has 0 aliphatic heterocycles. The Labute approximate surface area is 167 Å². The standard InChI is InChI=1S/C19H39AsN3S2/c1-21(2,3)14-16-24-20(25-17-15-22(4,5)6)18-10-12-19(13-11-18)23(7,8)9/h10-13H,14-17H2,1-9H3/q+3. The Morgan fingerprint density at radius 2 is 1.08 bits per heavy atom. The second kappa shape index (κ2) is 9.52. The van der Waals surface area contributed by atoms with Crippen molar-refractivity contribution in [2.75, 3.05) is 88.0 Å².